The third kappa shape index (κ3) is 3.50. The molecule has 0 radical (unpaired) electrons. The van der Waals surface area contributed by atoms with E-state index in [0.717, 1.165) is 5.46 Å². The normalized spacial score (nSPS) is 19.4. The van der Waals surface area contributed by atoms with Crippen LogP contribution in [0, 0.1) is 0 Å². The van der Waals surface area contributed by atoms with Crippen LogP contribution in [0.25, 0.3) is 22.3 Å². The van der Waals surface area contributed by atoms with Crippen molar-refractivity contribution in [2.24, 2.45) is 0 Å². The van der Waals surface area contributed by atoms with E-state index < -0.39 is 12.5 Å². The summed E-state index contributed by atoms with van der Waals surface area (Å²) >= 11 is 0. The Hall–Kier alpha value is -3.92. The zero-order chi connectivity index (χ0) is 29.8. The van der Waals surface area contributed by atoms with Crippen molar-refractivity contribution in [3.63, 3.8) is 0 Å². The SMILES string of the molecule is CC1(C)c2ccccc2C2(c3ccccc3-c3ccc(-c4cccc(B5OC(C)(C)C(C)(C)O5)c4)cc32)c2ccccc21. The Bertz CT molecular complexity index is 1870. The number of hydrogen-bond acceptors (Lipinski definition) is 2. The molecule has 1 aliphatic heterocycles. The Morgan fingerprint density at radius 1 is 0.442 bits per heavy atom. The van der Waals surface area contributed by atoms with Gasteiger partial charge in [0, 0.05) is 5.41 Å². The quantitative estimate of drug-likeness (QED) is 0.197. The van der Waals surface area contributed by atoms with Gasteiger partial charge in [0.1, 0.15) is 0 Å². The molecule has 0 unspecified atom stereocenters. The predicted molar refractivity (Wildman–Crippen MR) is 177 cm³/mol. The summed E-state index contributed by atoms with van der Waals surface area (Å²) in [7, 11) is -0.394. The molecule has 2 nitrogen and oxygen atoms in total. The first-order valence-corrected chi connectivity index (χ1v) is 15.5. The van der Waals surface area contributed by atoms with E-state index in [2.05, 4.69) is 157 Å². The van der Waals surface area contributed by atoms with E-state index in [4.69, 9.17) is 9.31 Å². The molecule has 1 spiro atoms. The Kier molecular flexibility index (Phi) is 5.47. The minimum Gasteiger partial charge on any atom is -0.399 e. The molecule has 0 saturated carbocycles. The van der Waals surface area contributed by atoms with Crippen molar-refractivity contribution in [2.45, 2.75) is 63.6 Å². The maximum Gasteiger partial charge on any atom is 0.494 e. The van der Waals surface area contributed by atoms with Gasteiger partial charge in [0.2, 0.25) is 0 Å². The van der Waals surface area contributed by atoms with E-state index in [0.29, 0.717) is 0 Å². The van der Waals surface area contributed by atoms with Crippen LogP contribution in [0.3, 0.4) is 0 Å². The van der Waals surface area contributed by atoms with Crippen LogP contribution in [0.2, 0.25) is 0 Å². The zero-order valence-electron chi connectivity index (χ0n) is 25.9. The Morgan fingerprint density at radius 2 is 0.953 bits per heavy atom. The van der Waals surface area contributed by atoms with Gasteiger partial charge in [-0.25, -0.2) is 0 Å². The van der Waals surface area contributed by atoms with E-state index >= 15 is 0 Å². The van der Waals surface area contributed by atoms with Gasteiger partial charge in [-0.3, -0.25) is 0 Å². The fourth-order valence-corrected chi connectivity index (χ4v) is 7.88. The lowest BCUT2D eigenvalue weighted by Crippen LogP contribution is -2.41. The highest BCUT2D eigenvalue weighted by molar-refractivity contribution is 6.62. The molecule has 8 rings (SSSR count). The molecule has 1 saturated heterocycles. The Labute approximate surface area is 255 Å². The fourth-order valence-electron chi connectivity index (χ4n) is 7.88. The molecule has 2 aliphatic carbocycles. The second kappa shape index (κ2) is 8.81. The van der Waals surface area contributed by atoms with Crippen molar-refractivity contribution < 1.29 is 9.31 Å². The van der Waals surface area contributed by atoms with Crippen LogP contribution in [0.4, 0.5) is 0 Å². The predicted octanol–water partition coefficient (Wildman–Crippen LogP) is 8.66. The lowest BCUT2D eigenvalue weighted by atomic mass is 9.55. The van der Waals surface area contributed by atoms with Crippen molar-refractivity contribution in [1.29, 1.82) is 0 Å². The highest BCUT2D eigenvalue weighted by atomic mass is 16.7. The molecule has 0 bridgehead atoms. The highest BCUT2D eigenvalue weighted by Crippen LogP contribution is 2.62. The fraction of sp³-hybridized carbons (Fsp3) is 0.250. The van der Waals surface area contributed by atoms with Crippen LogP contribution in [0.1, 0.15) is 74.9 Å². The number of rotatable bonds is 2. The molecule has 43 heavy (non-hydrogen) atoms. The molecule has 1 fully saturated rings. The second-order valence-corrected chi connectivity index (χ2v) is 14.0. The standard InChI is InChI=1S/C40H37BO2/c1-37(2)32-18-9-11-20-34(32)40(35-21-12-10-19-33(35)37)31-17-8-7-16-29(31)30-23-22-27(25-36(30)40)26-14-13-15-28(24-26)41-42-38(3,4)39(5,6)43-41/h7-25H,1-6H3. The number of fused-ring (bicyclic) bond motifs is 9. The summed E-state index contributed by atoms with van der Waals surface area (Å²) < 4.78 is 12.8. The van der Waals surface area contributed by atoms with Gasteiger partial charge in [-0.1, -0.05) is 123 Å². The molecule has 3 aliphatic rings. The van der Waals surface area contributed by atoms with Crippen LogP contribution >= 0.6 is 0 Å². The molecule has 0 aromatic heterocycles. The van der Waals surface area contributed by atoms with E-state index in [1.165, 1.54) is 55.6 Å². The van der Waals surface area contributed by atoms with Gasteiger partial charge < -0.3 is 9.31 Å². The van der Waals surface area contributed by atoms with Crippen LogP contribution in [0.15, 0.2) is 115 Å². The van der Waals surface area contributed by atoms with Gasteiger partial charge in [0.15, 0.2) is 0 Å². The maximum absolute atomic E-state index is 6.42. The summed E-state index contributed by atoms with van der Waals surface area (Å²) in [6, 6.07) is 43.0. The summed E-state index contributed by atoms with van der Waals surface area (Å²) in [5, 5.41) is 0. The molecular weight excluding hydrogens is 523 g/mol. The highest BCUT2D eigenvalue weighted by Gasteiger charge is 2.54. The topological polar surface area (TPSA) is 18.5 Å². The van der Waals surface area contributed by atoms with Crippen LogP contribution in [0.5, 0.6) is 0 Å². The van der Waals surface area contributed by atoms with Gasteiger partial charge in [-0.05, 0) is 94.9 Å². The largest absolute Gasteiger partial charge is 0.494 e. The van der Waals surface area contributed by atoms with Crippen molar-refractivity contribution in [2.75, 3.05) is 0 Å². The van der Waals surface area contributed by atoms with E-state index in [1.807, 2.05) is 0 Å². The summed E-state index contributed by atoms with van der Waals surface area (Å²) in [6.45, 7) is 13.2. The van der Waals surface area contributed by atoms with Gasteiger partial charge in [0.05, 0.1) is 16.6 Å². The van der Waals surface area contributed by atoms with Crippen molar-refractivity contribution in [3.8, 4) is 22.3 Å². The first-order chi connectivity index (χ1) is 20.6. The monoisotopic (exact) mass is 560 g/mol. The Morgan fingerprint density at radius 3 is 1.58 bits per heavy atom. The van der Waals surface area contributed by atoms with Crippen molar-refractivity contribution in [1.82, 2.24) is 0 Å². The van der Waals surface area contributed by atoms with Crippen LogP contribution in [-0.2, 0) is 20.1 Å². The van der Waals surface area contributed by atoms with Gasteiger partial charge >= 0.3 is 7.12 Å². The molecule has 0 atom stereocenters. The van der Waals surface area contributed by atoms with Crippen LogP contribution < -0.4 is 5.46 Å². The molecule has 0 N–H and O–H groups in total. The number of benzene rings is 5. The molecule has 5 aromatic rings. The molecule has 212 valence electrons. The average molecular weight is 561 g/mol. The average Bonchev–Trinajstić information content (AvgIpc) is 3.42. The zero-order valence-corrected chi connectivity index (χ0v) is 25.9. The molecule has 5 aromatic carbocycles. The summed E-state index contributed by atoms with van der Waals surface area (Å²) in [5.41, 5.74) is 13.0. The second-order valence-electron chi connectivity index (χ2n) is 14.0. The third-order valence-electron chi connectivity index (χ3n) is 10.8. The van der Waals surface area contributed by atoms with Gasteiger partial charge in [-0.15, -0.1) is 0 Å². The first kappa shape index (κ1) is 26.7. The van der Waals surface area contributed by atoms with Crippen molar-refractivity contribution >= 4 is 12.6 Å². The lowest BCUT2D eigenvalue weighted by molar-refractivity contribution is 0.00578. The maximum atomic E-state index is 6.42. The lowest BCUT2D eigenvalue weighted by Gasteiger charge is -2.46. The molecule has 0 amide bonds. The van der Waals surface area contributed by atoms with Gasteiger partial charge in [0.25, 0.3) is 0 Å². The van der Waals surface area contributed by atoms with E-state index in [9.17, 15) is 0 Å². The smallest absolute Gasteiger partial charge is 0.399 e. The third-order valence-corrected chi connectivity index (χ3v) is 10.8. The Balaban J connectivity index is 1.36. The molecular formula is C40H37BO2. The van der Waals surface area contributed by atoms with Crippen molar-refractivity contribution in [3.05, 3.63) is 149 Å². The summed E-state index contributed by atoms with van der Waals surface area (Å²) in [4.78, 5) is 0. The first-order valence-electron chi connectivity index (χ1n) is 15.5. The van der Waals surface area contributed by atoms with E-state index in [-0.39, 0.29) is 16.6 Å². The summed E-state index contributed by atoms with van der Waals surface area (Å²) in [6.07, 6.45) is 0. The van der Waals surface area contributed by atoms with E-state index in [1.54, 1.807) is 0 Å². The minimum atomic E-state index is -0.395. The van der Waals surface area contributed by atoms with Gasteiger partial charge in [-0.2, -0.15) is 0 Å². The summed E-state index contributed by atoms with van der Waals surface area (Å²) in [5.74, 6) is 0. The molecule has 1 heterocycles. The van der Waals surface area contributed by atoms with Crippen LogP contribution in [-0.4, -0.2) is 18.3 Å². The minimum absolute atomic E-state index is 0.106. The number of hydrogen-bond donors (Lipinski definition) is 0. The molecule has 3 heteroatoms.